The molecule has 2 aliphatic rings. The summed E-state index contributed by atoms with van der Waals surface area (Å²) in [5.41, 5.74) is -0.702. The largest absolute Gasteiger partial charge is 0.388 e. The Balaban J connectivity index is 2.05. The Hall–Kier alpha value is -0.0900. The molecule has 152 valence electrons. The number of nitrogens with one attached hydrogen (secondary N) is 2. The first-order chi connectivity index (χ1) is 12.3. The van der Waals surface area contributed by atoms with Crippen LogP contribution in [0.4, 0.5) is 0 Å². The van der Waals surface area contributed by atoms with Crippen LogP contribution in [0.5, 0.6) is 0 Å². The summed E-state index contributed by atoms with van der Waals surface area (Å²) in [4.78, 5) is 12.7. The number of hydrogen-bond donors (Lipinski definition) is 5. The molecule has 9 heteroatoms. The molecule has 0 aromatic heterocycles. The minimum Gasteiger partial charge on any atom is -0.388 e. The van der Waals surface area contributed by atoms with E-state index in [0.29, 0.717) is 5.92 Å². The molecule has 1 amide bonds. The molecule has 0 saturated carbocycles. The SMILES string of the molecule is CCCC1CNC(C(=O)NC(C(C)Cl)C2OC(SC)C(O)C(O)C2O)C1. The van der Waals surface area contributed by atoms with Gasteiger partial charge in [0, 0.05) is 0 Å². The van der Waals surface area contributed by atoms with Gasteiger partial charge in [-0.15, -0.1) is 23.4 Å². The van der Waals surface area contributed by atoms with Gasteiger partial charge in [-0.2, -0.15) is 0 Å². The fourth-order valence-corrected chi connectivity index (χ4v) is 4.61. The highest BCUT2D eigenvalue weighted by Crippen LogP contribution is 2.30. The van der Waals surface area contributed by atoms with Gasteiger partial charge >= 0.3 is 0 Å². The Bertz CT molecular complexity index is 470. The number of alkyl halides is 1. The Kier molecular flexibility index (Phi) is 8.46. The Morgan fingerprint density at radius 3 is 2.62 bits per heavy atom. The van der Waals surface area contributed by atoms with E-state index in [1.165, 1.54) is 11.8 Å². The molecule has 0 aromatic rings. The maximum Gasteiger partial charge on any atom is 0.237 e. The smallest absolute Gasteiger partial charge is 0.237 e. The van der Waals surface area contributed by atoms with Gasteiger partial charge in [-0.1, -0.05) is 13.3 Å². The zero-order valence-corrected chi connectivity index (χ0v) is 17.0. The van der Waals surface area contributed by atoms with Gasteiger partial charge < -0.3 is 30.7 Å². The number of ether oxygens (including phenoxy) is 1. The van der Waals surface area contributed by atoms with Gasteiger partial charge in [0.15, 0.2) is 0 Å². The number of carbonyl (C=O) groups excluding carboxylic acids is 1. The van der Waals surface area contributed by atoms with Crippen LogP contribution in [0.3, 0.4) is 0 Å². The third kappa shape index (κ3) is 5.04. The van der Waals surface area contributed by atoms with Crippen molar-refractivity contribution in [3.63, 3.8) is 0 Å². The number of aliphatic hydroxyl groups is 3. The van der Waals surface area contributed by atoms with E-state index < -0.39 is 41.3 Å². The molecule has 9 unspecified atom stereocenters. The summed E-state index contributed by atoms with van der Waals surface area (Å²) >= 11 is 7.50. The predicted octanol–water partition coefficient (Wildman–Crippen LogP) is 0.0473. The third-order valence-electron chi connectivity index (χ3n) is 5.23. The average Bonchev–Trinajstić information content (AvgIpc) is 3.07. The standard InChI is InChI=1S/C17H31ClN2O5S/c1-4-5-9-6-10(19-7-9)16(24)20-11(8(2)18)15-13(22)12(21)14(23)17(25-15)26-3/h8-15,17,19,21-23H,4-7H2,1-3H3,(H,20,24). The summed E-state index contributed by atoms with van der Waals surface area (Å²) in [6.45, 7) is 4.65. The van der Waals surface area contributed by atoms with Crippen LogP contribution in [0.1, 0.15) is 33.1 Å². The second-order valence-electron chi connectivity index (χ2n) is 7.24. The monoisotopic (exact) mass is 410 g/mol. The summed E-state index contributed by atoms with van der Waals surface area (Å²) in [5, 5.41) is 36.1. The topological polar surface area (TPSA) is 111 Å². The van der Waals surface area contributed by atoms with Gasteiger partial charge in [0.05, 0.1) is 17.5 Å². The van der Waals surface area contributed by atoms with Crippen LogP contribution in [-0.4, -0.2) is 81.3 Å². The molecule has 2 heterocycles. The maximum absolute atomic E-state index is 12.7. The van der Waals surface area contributed by atoms with Gasteiger partial charge in [0.25, 0.3) is 0 Å². The average molecular weight is 411 g/mol. The fraction of sp³-hybridized carbons (Fsp3) is 0.941. The normalized spacial score (nSPS) is 40.2. The fourth-order valence-electron chi connectivity index (χ4n) is 3.73. The highest BCUT2D eigenvalue weighted by molar-refractivity contribution is 7.99. The number of aliphatic hydroxyl groups excluding tert-OH is 3. The van der Waals surface area contributed by atoms with E-state index in [1.807, 2.05) is 0 Å². The van der Waals surface area contributed by atoms with E-state index in [1.54, 1.807) is 13.2 Å². The molecular weight excluding hydrogens is 380 g/mol. The van der Waals surface area contributed by atoms with E-state index in [0.717, 1.165) is 25.8 Å². The molecule has 0 aliphatic carbocycles. The molecule has 2 rings (SSSR count). The number of thioether (sulfide) groups is 1. The van der Waals surface area contributed by atoms with Crippen molar-refractivity contribution in [2.24, 2.45) is 5.92 Å². The Morgan fingerprint density at radius 2 is 2.04 bits per heavy atom. The van der Waals surface area contributed by atoms with Crippen molar-refractivity contribution in [1.29, 1.82) is 0 Å². The summed E-state index contributed by atoms with van der Waals surface area (Å²) in [6.07, 6.45) is -0.144. The van der Waals surface area contributed by atoms with E-state index in [4.69, 9.17) is 16.3 Å². The molecular formula is C17H31ClN2O5S. The lowest BCUT2D eigenvalue weighted by molar-refractivity contribution is -0.205. The molecule has 2 aliphatic heterocycles. The van der Waals surface area contributed by atoms with Crippen LogP contribution >= 0.6 is 23.4 Å². The van der Waals surface area contributed by atoms with Crippen LogP contribution in [0.15, 0.2) is 0 Å². The predicted molar refractivity (Wildman–Crippen MR) is 102 cm³/mol. The molecule has 2 saturated heterocycles. The van der Waals surface area contributed by atoms with Gasteiger partial charge in [-0.25, -0.2) is 0 Å². The molecule has 2 fully saturated rings. The van der Waals surface area contributed by atoms with Gasteiger partial charge in [0.2, 0.25) is 5.91 Å². The van der Waals surface area contributed by atoms with Crippen molar-refractivity contribution in [2.45, 2.75) is 80.4 Å². The third-order valence-corrected chi connectivity index (χ3v) is 6.36. The lowest BCUT2D eigenvalue weighted by Crippen LogP contribution is -2.65. The second kappa shape index (κ2) is 9.91. The zero-order chi connectivity index (χ0) is 19.4. The van der Waals surface area contributed by atoms with Crippen molar-refractivity contribution in [3.8, 4) is 0 Å². The van der Waals surface area contributed by atoms with Crippen molar-refractivity contribution >= 4 is 29.3 Å². The molecule has 9 atom stereocenters. The summed E-state index contributed by atoms with van der Waals surface area (Å²) in [5.74, 6) is 0.301. The molecule has 7 nitrogen and oxygen atoms in total. The van der Waals surface area contributed by atoms with Crippen molar-refractivity contribution in [2.75, 3.05) is 12.8 Å². The number of carbonyl (C=O) groups is 1. The first-order valence-corrected chi connectivity index (χ1v) is 10.9. The molecule has 26 heavy (non-hydrogen) atoms. The van der Waals surface area contributed by atoms with E-state index in [-0.39, 0.29) is 11.9 Å². The Labute approximate surface area is 164 Å². The van der Waals surface area contributed by atoms with Gasteiger partial charge in [-0.05, 0) is 38.5 Å². The summed E-state index contributed by atoms with van der Waals surface area (Å²) in [6, 6.07) is -0.986. The highest BCUT2D eigenvalue weighted by atomic mass is 35.5. The Morgan fingerprint density at radius 1 is 1.35 bits per heavy atom. The van der Waals surface area contributed by atoms with Gasteiger partial charge in [-0.3, -0.25) is 4.79 Å². The van der Waals surface area contributed by atoms with E-state index >= 15 is 0 Å². The molecule has 0 radical (unpaired) electrons. The maximum atomic E-state index is 12.7. The number of hydrogen-bond acceptors (Lipinski definition) is 7. The minimum absolute atomic E-state index is 0.182. The summed E-state index contributed by atoms with van der Waals surface area (Å²) in [7, 11) is 0. The first-order valence-electron chi connectivity index (χ1n) is 9.20. The lowest BCUT2D eigenvalue weighted by Gasteiger charge is -2.44. The van der Waals surface area contributed by atoms with E-state index in [9.17, 15) is 20.1 Å². The lowest BCUT2D eigenvalue weighted by atomic mass is 9.92. The zero-order valence-electron chi connectivity index (χ0n) is 15.5. The van der Waals surface area contributed by atoms with Gasteiger partial charge in [0.1, 0.15) is 29.9 Å². The van der Waals surface area contributed by atoms with Crippen LogP contribution < -0.4 is 10.6 Å². The minimum atomic E-state index is -1.36. The quantitative estimate of drug-likeness (QED) is 0.377. The highest BCUT2D eigenvalue weighted by Gasteiger charge is 2.48. The molecule has 5 N–H and O–H groups in total. The van der Waals surface area contributed by atoms with Crippen LogP contribution in [0.25, 0.3) is 0 Å². The van der Waals surface area contributed by atoms with Crippen LogP contribution in [0, 0.1) is 5.92 Å². The molecule has 0 spiro atoms. The first kappa shape index (κ1) is 22.2. The summed E-state index contributed by atoms with van der Waals surface area (Å²) < 4.78 is 5.76. The number of halogens is 1. The van der Waals surface area contributed by atoms with Crippen LogP contribution in [-0.2, 0) is 9.53 Å². The number of amides is 1. The van der Waals surface area contributed by atoms with Crippen LogP contribution in [0.2, 0.25) is 0 Å². The van der Waals surface area contributed by atoms with E-state index in [2.05, 4.69) is 17.6 Å². The molecule has 0 bridgehead atoms. The molecule has 0 aromatic carbocycles. The van der Waals surface area contributed by atoms with Crippen molar-refractivity contribution in [3.05, 3.63) is 0 Å². The van der Waals surface area contributed by atoms with Crippen molar-refractivity contribution < 1.29 is 24.9 Å². The number of rotatable bonds is 7. The second-order valence-corrected chi connectivity index (χ2v) is 8.86. The van der Waals surface area contributed by atoms with Crippen molar-refractivity contribution in [1.82, 2.24) is 10.6 Å².